The molecule has 80 valence electrons. The fraction of sp³-hybridized carbons (Fsp3) is 0.222. The van der Waals surface area contributed by atoms with Gasteiger partial charge in [-0.05, 0) is 6.07 Å². The molecule has 0 bridgehead atoms. The van der Waals surface area contributed by atoms with Crippen molar-refractivity contribution in [2.24, 2.45) is 0 Å². The summed E-state index contributed by atoms with van der Waals surface area (Å²) in [6, 6.07) is 3.23. The Morgan fingerprint density at radius 1 is 1.47 bits per heavy atom. The van der Waals surface area contributed by atoms with Crippen molar-refractivity contribution in [2.45, 2.75) is 11.9 Å². The van der Waals surface area contributed by atoms with Gasteiger partial charge in [-0.3, -0.25) is 0 Å². The average Bonchev–Trinajstić information content (AvgIpc) is 2.62. The summed E-state index contributed by atoms with van der Waals surface area (Å²) in [4.78, 5) is 6.87. The van der Waals surface area contributed by atoms with Crippen molar-refractivity contribution in [1.29, 1.82) is 0 Å². The third-order valence-corrected chi connectivity index (χ3v) is 2.57. The molecule has 15 heavy (non-hydrogen) atoms. The largest absolute Gasteiger partial charge is 0.434 e. The maximum Gasteiger partial charge on any atom is 0.387 e. The molecule has 1 aromatic heterocycles. The summed E-state index contributed by atoms with van der Waals surface area (Å²) < 4.78 is 28.6. The molecule has 0 saturated carbocycles. The van der Waals surface area contributed by atoms with Crippen LogP contribution in [0.2, 0.25) is 0 Å². The zero-order valence-corrected chi connectivity index (χ0v) is 9.09. The Bertz CT molecular complexity index is 472. The highest BCUT2D eigenvalue weighted by Gasteiger charge is 2.11. The van der Waals surface area contributed by atoms with Gasteiger partial charge in [-0.25, -0.2) is 4.98 Å². The fourth-order valence-electron chi connectivity index (χ4n) is 1.32. The number of benzene rings is 1. The standard InChI is InChI=1S/C9H7BrF2N2O/c10-3-5-1-6-7(14-4-13-6)2-8(5)15-9(11)12/h1-2,4,9H,3H2,(H,13,14). The molecule has 0 fully saturated rings. The van der Waals surface area contributed by atoms with E-state index in [0.717, 1.165) is 5.52 Å². The second-order valence-corrected chi connectivity index (χ2v) is 3.45. The number of fused-ring (bicyclic) bond motifs is 1. The van der Waals surface area contributed by atoms with Crippen LogP contribution in [0, 0.1) is 0 Å². The predicted molar refractivity (Wildman–Crippen MR) is 55.4 cm³/mol. The molecule has 0 aliphatic carbocycles. The lowest BCUT2D eigenvalue weighted by atomic mass is 10.2. The first-order valence-electron chi connectivity index (χ1n) is 4.17. The lowest BCUT2D eigenvalue weighted by Gasteiger charge is -2.08. The van der Waals surface area contributed by atoms with Gasteiger partial charge < -0.3 is 9.72 Å². The van der Waals surface area contributed by atoms with E-state index in [1.165, 1.54) is 12.4 Å². The van der Waals surface area contributed by atoms with E-state index in [-0.39, 0.29) is 5.75 Å². The number of imidazole rings is 1. The van der Waals surface area contributed by atoms with Crippen LogP contribution in [0.1, 0.15) is 5.56 Å². The Morgan fingerprint density at radius 2 is 2.27 bits per heavy atom. The van der Waals surface area contributed by atoms with Crippen molar-refractivity contribution in [3.05, 3.63) is 24.0 Å². The van der Waals surface area contributed by atoms with Crippen LogP contribution in [0.25, 0.3) is 11.0 Å². The molecule has 0 amide bonds. The summed E-state index contributed by atoms with van der Waals surface area (Å²) in [5.41, 5.74) is 2.06. The SMILES string of the molecule is FC(F)Oc1cc2nc[nH]c2cc1CBr. The first kappa shape index (κ1) is 10.4. The normalized spacial score (nSPS) is 11.2. The summed E-state index contributed by atoms with van der Waals surface area (Å²) >= 11 is 3.21. The highest BCUT2D eigenvalue weighted by Crippen LogP contribution is 2.27. The first-order chi connectivity index (χ1) is 7.20. The molecule has 0 unspecified atom stereocenters. The molecule has 0 aliphatic rings. The zero-order chi connectivity index (χ0) is 10.8. The number of nitrogens with one attached hydrogen (secondary N) is 1. The number of nitrogens with zero attached hydrogens (tertiary/aromatic N) is 1. The van der Waals surface area contributed by atoms with E-state index < -0.39 is 6.61 Å². The number of hydrogen-bond donors (Lipinski definition) is 1. The topological polar surface area (TPSA) is 37.9 Å². The van der Waals surface area contributed by atoms with Gasteiger partial charge >= 0.3 is 6.61 Å². The van der Waals surface area contributed by atoms with Crippen LogP contribution in [0.4, 0.5) is 8.78 Å². The van der Waals surface area contributed by atoms with Crippen molar-refractivity contribution in [1.82, 2.24) is 9.97 Å². The predicted octanol–water partition coefficient (Wildman–Crippen LogP) is 3.06. The van der Waals surface area contributed by atoms with E-state index in [9.17, 15) is 8.78 Å². The third-order valence-electron chi connectivity index (χ3n) is 1.96. The van der Waals surface area contributed by atoms with Gasteiger partial charge in [-0.1, -0.05) is 15.9 Å². The minimum atomic E-state index is -2.82. The summed E-state index contributed by atoms with van der Waals surface area (Å²) in [6.45, 7) is -2.82. The lowest BCUT2D eigenvalue weighted by molar-refractivity contribution is -0.0502. The molecule has 1 heterocycles. The number of hydrogen-bond acceptors (Lipinski definition) is 2. The van der Waals surface area contributed by atoms with Gasteiger partial charge in [0.05, 0.1) is 17.4 Å². The van der Waals surface area contributed by atoms with Crippen molar-refractivity contribution in [2.75, 3.05) is 0 Å². The molecule has 1 N–H and O–H groups in total. The van der Waals surface area contributed by atoms with E-state index in [1.807, 2.05) is 0 Å². The second kappa shape index (κ2) is 4.14. The number of aromatic amines is 1. The van der Waals surface area contributed by atoms with Gasteiger partial charge in [0.2, 0.25) is 0 Å². The molecule has 2 rings (SSSR count). The Morgan fingerprint density at radius 3 is 2.93 bits per heavy atom. The molecular formula is C9H7BrF2N2O. The highest BCUT2D eigenvalue weighted by atomic mass is 79.9. The smallest absolute Gasteiger partial charge is 0.387 e. The van der Waals surface area contributed by atoms with Gasteiger partial charge in [0.25, 0.3) is 0 Å². The number of H-pyrrole nitrogens is 1. The van der Waals surface area contributed by atoms with Crippen molar-refractivity contribution >= 4 is 27.0 Å². The molecule has 1 aromatic carbocycles. The van der Waals surface area contributed by atoms with Crippen LogP contribution in [0.3, 0.4) is 0 Å². The van der Waals surface area contributed by atoms with Gasteiger partial charge in [-0.15, -0.1) is 0 Å². The van der Waals surface area contributed by atoms with Crippen LogP contribution in [-0.2, 0) is 5.33 Å². The summed E-state index contributed by atoms with van der Waals surface area (Å²) in [7, 11) is 0. The summed E-state index contributed by atoms with van der Waals surface area (Å²) in [5, 5.41) is 0.448. The minimum absolute atomic E-state index is 0.154. The Hall–Kier alpha value is -1.17. The average molecular weight is 277 g/mol. The van der Waals surface area contributed by atoms with Crippen molar-refractivity contribution in [3.8, 4) is 5.75 Å². The van der Waals surface area contributed by atoms with Crippen molar-refractivity contribution in [3.63, 3.8) is 0 Å². The lowest BCUT2D eigenvalue weighted by Crippen LogP contribution is -2.03. The highest BCUT2D eigenvalue weighted by molar-refractivity contribution is 9.08. The summed E-state index contributed by atoms with van der Waals surface area (Å²) in [6.07, 6.45) is 1.51. The molecular weight excluding hydrogens is 270 g/mol. The van der Waals surface area contributed by atoms with Gasteiger partial charge in [0.1, 0.15) is 5.75 Å². The van der Waals surface area contributed by atoms with E-state index >= 15 is 0 Å². The van der Waals surface area contributed by atoms with Gasteiger partial charge in [0.15, 0.2) is 0 Å². The molecule has 6 heteroatoms. The number of halogens is 3. The third kappa shape index (κ3) is 2.09. The maximum atomic E-state index is 12.1. The minimum Gasteiger partial charge on any atom is -0.434 e. The molecule has 0 aliphatic heterocycles. The monoisotopic (exact) mass is 276 g/mol. The van der Waals surface area contributed by atoms with Crippen molar-refractivity contribution < 1.29 is 13.5 Å². The van der Waals surface area contributed by atoms with Crippen LogP contribution < -0.4 is 4.74 Å². The number of rotatable bonds is 3. The van der Waals surface area contributed by atoms with Crippen LogP contribution in [0.15, 0.2) is 18.5 Å². The Kier molecular flexibility index (Phi) is 2.86. The zero-order valence-electron chi connectivity index (χ0n) is 7.51. The van der Waals surface area contributed by atoms with E-state index in [0.29, 0.717) is 16.4 Å². The second-order valence-electron chi connectivity index (χ2n) is 2.89. The van der Waals surface area contributed by atoms with Crippen LogP contribution >= 0.6 is 15.9 Å². The van der Waals surface area contributed by atoms with E-state index in [1.54, 1.807) is 6.07 Å². The molecule has 0 atom stereocenters. The molecule has 0 radical (unpaired) electrons. The molecule has 2 aromatic rings. The number of ether oxygens (including phenoxy) is 1. The Balaban J connectivity index is 2.49. The quantitative estimate of drug-likeness (QED) is 0.875. The van der Waals surface area contributed by atoms with Crippen LogP contribution in [0.5, 0.6) is 5.75 Å². The Labute approximate surface area is 92.6 Å². The molecule has 0 saturated heterocycles. The molecule has 3 nitrogen and oxygen atoms in total. The maximum absolute atomic E-state index is 12.1. The van der Waals surface area contributed by atoms with E-state index in [4.69, 9.17) is 0 Å². The summed E-state index contributed by atoms with van der Waals surface area (Å²) in [5.74, 6) is 0.154. The van der Waals surface area contributed by atoms with Gasteiger partial charge in [0, 0.05) is 17.0 Å². The number of alkyl halides is 3. The van der Waals surface area contributed by atoms with E-state index in [2.05, 4.69) is 30.6 Å². The molecule has 0 spiro atoms. The van der Waals surface area contributed by atoms with Crippen LogP contribution in [-0.4, -0.2) is 16.6 Å². The fourth-order valence-corrected chi connectivity index (χ4v) is 1.76. The number of aromatic nitrogens is 2. The first-order valence-corrected chi connectivity index (χ1v) is 5.29. The van der Waals surface area contributed by atoms with Gasteiger partial charge in [-0.2, -0.15) is 8.78 Å².